The number of carboxylic acid groups (broad SMARTS) is 2. The lowest BCUT2D eigenvalue weighted by atomic mass is 9.82. The number of ether oxygens (including phenoxy) is 1. The van der Waals surface area contributed by atoms with Crippen LogP contribution in [0.3, 0.4) is 0 Å². The second-order valence-corrected chi connectivity index (χ2v) is 8.49. The van der Waals surface area contributed by atoms with E-state index in [1.165, 1.54) is 0 Å². The maximum absolute atomic E-state index is 12.7. The Morgan fingerprint density at radius 2 is 1.62 bits per heavy atom. The van der Waals surface area contributed by atoms with Crippen LogP contribution in [0.4, 0.5) is 26.3 Å². The second kappa shape index (κ2) is 13.9. The summed E-state index contributed by atoms with van der Waals surface area (Å²) in [6.07, 6.45) is -6.72. The first-order chi connectivity index (χ1) is 18.2. The normalized spacial score (nSPS) is 20.9. The number of carbonyl (C=O) groups is 3. The van der Waals surface area contributed by atoms with Gasteiger partial charge in [0.05, 0.1) is 44.2 Å². The molecule has 16 heteroatoms. The molecule has 0 unspecified atom stereocenters. The predicted octanol–water partition coefficient (Wildman–Crippen LogP) is 2.95. The number of carbonyl (C=O) groups excluding carboxylic acids is 1. The van der Waals surface area contributed by atoms with Gasteiger partial charge in [-0.25, -0.2) is 9.59 Å². The number of aromatic nitrogens is 1. The Morgan fingerprint density at radius 3 is 2.13 bits per heavy atom. The van der Waals surface area contributed by atoms with Crippen molar-refractivity contribution >= 4 is 17.8 Å². The summed E-state index contributed by atoms with van der Waals surface area (Å²) >= 11 is 0. The zero-order valence-electron chi connectivity index (χ0n) is 20.1. The third kappa shape index (κ3) is 10.6. The summed E-state index contributed by atoms with van der Waals surface area (Å²) in [4.78, 5) is 37.1. The minimum absolute atomic E-state index is 0.0696. The molecule has 2 aromatic rings. The van der Waals surface area contributed by atoms with E-state index in [4.69, 9.17) is 29.0 Å². The van der Waals surface area contributed by atoms with E-state index in [9.17, 15) is 31.1 Å². The molecule has 2 aromatic heterocycles. The zero-order chi connectivity index (χ0) is 29.2. The summed E-state index contributed by atoms with van der Waals surface area (Å²) in [6.45, 7) is 4.37. The largest absolute Gasteiger partial charge is 0.490 e. The Hall–Kier alpha value is -3.66. The van der Waals surface area contributed by atoms with E-state index < -0.39 is 24.3 Å². The molecule has 10 nitrogen and oxygen atoms in total. The number of fused-ring (bicyclic) bond motifs is 1. The molecular formula is C23H25F6N3O7. The van der Waals surface area contributed by atoms with E-state index in [2.05, 4.69) is 15.2 Å². The van der Waals surface area contributed by atoms with E-state index in [-0.39, 0.29) is 11.8 Å². The molecule has 39 heavy (non-hydrogen) atoms. The van der Waals surface area contributed by atoms with Crippen LogP contribution >= 0.6 is 0 Å². The molecule has 216 valence electrons. The number of nitrogens with one attached hydrogen (secondary N) is 1. The summed E-state index contributed by atoms with van der Waals surface area (Å²) < 4.78 is 74.6. The lowest BCUT2D eigenvalue weighted by Crippen LogP contribution is -2.44. The average Bonchev–Trinajstić information content (AvgIpc) is 3.52. The van der Waals surface area contributed by atoms with Crippen molar-refractivity contribution in [1.29, 1.82) is 0 Å². The summed E-state index contributed by atoms with van der Waals surface area (Å²) in [5.74, 6) is -3.82. The Balaban J connectivity index is 0.000000317. The number of nitrogens with zero attached hydrogens (tertiary/aromatic N) is 2. The van der Waals surface area contributed by atoms with Gasteiger partial charge < -0.3 is 24.7 Å². The molecule has 3 atom stereocenters. The molecule has 4 heterocycles. The van der Waals surface area contributed by atoms with E-state index in [0.717, 1.165) is 37.7 Å². The molecule has 3 N–H and O–H groups in total. The SMILES string of the molecule is O=C(NCc1ccccn1)[C@H]1COC[C@H]2CN(Cc3ccco3)C[C@H]21.O=C(O)C(F)(F)F.O=C(O)C(F)(F)F. The Bertz CT molecular complexity index is 1040. The monoisotopic (exact) mass is 569 g/mol. The summed E-state index contributed by atoms with van der Waals surface area (Å²) in [7, 11) is 0. The van der Waals surface area contributed by atoms with E-state index in [0.29, 0.717) is 25.0 Å². The fraction of sp³-hybridized carbons (Fsp3) is 0.478. The number of amides is 1. The van der Waals surface area contributed by atoms with Crippen LogP contribution in [0.1, 0.15) is 11.5 Å². The highest BCUT2D eigenvalue weighted by atomic mass is 19.4. The molecule has 2 fully saturated rings. The molecule has 0 radical (unpaired) electrons. The standard InChI is InChI=1S/C19H23N3O3.2C2HF3O2/c23-19(21-8-15-4-1-2-6-20-15)18-13-24-12-14-9-22(11-17(14)18)10-16-5-3-7-25-16;2*3-2(4,5)1(6)7/h1-7,14,17-18H,8-13H2,(H,21,23);2*(H,6,7)/t14-,17-,18+;;/m1../s1. The summed E-state index contributed by atoms with van der Waals surface area (Å²) in [6, 6.07) is 9.63. The van der Waals surface area contributed by atoms with Crippen LogP contribution in [0.5, 0.6) is 0 Å². The van der Waals surface area contributed by atoms with Gasteiger partial charge in [0, 0.05) is 19.3 Å². The van der Waals surface area contributed by atoms with Gasteiger partial charge in [0.15, 0.2) is 0 Å². The Kier molecular flexibility index (Phi) is 11.3. The number of pyridine rings is 1. The highest BCUT2D eigenvalue weighted by Crippen LogP contribution is 2.35. The highest BCUT2D eigenvalue weighted by molar-refractivity contribution is 5.79. The van der Waals surface area contributed by atoms with Crippen LogP contribution in [-0.2, 0) is 32.2 Å². The van der Waals surface area contributed by atoms with Gasteiger partial charge >= 0.3 is 24.3 Å². The lowest BCUT2D eigenvalue weighted by Gasteiger charge is -2.32. The smallest absolute Gasteiger partial charge is 0.475 e. The topological polar surface area (TPSA) is 142 Å². The first kappa shape index (κ1) is 31.6. The van der Waals surface area contributed by atoms with Gasteiger partial charge in [-0.15, -0.1) is 0 Å². The van der Waals surface area contributed by atoms with Crippen LogP contribution in [0.15, 0.2) is 47.2 Å². The van der Waals surface area contributed by atoms with Gasteiger partial charge in [0.2, 0.25) is 5.91 Å². The van der Waals surface area contributed by atoms with Gasteiger partial charge in [-0.1, -0.05) is 6.07 Å². The predicted molar refractivity (Wildman–Crippen MR) is 119 cm³/mol. The first-order valence-electron chi connectivity index (χ1n) is 11.3. The van der Waals surface area contributed by atoms with Crippen molar-refractivity contribution in [2.45, 2.75) is 25.4 Å². The quantitative estimate of drug-likeness (QED) is 0.464. The van der Waals surface area contributed by atoms with Crippen molar-refractivity contribution in [3.05, 3.63) is 54.2 Å². The van der Waals surface area contributed by atoms with Gasteiger partial charge in [0.25, 0.3) is 0 Å². The van der Waals surface area contributed by atoms with Crippen molar-refractivity contribution < 1.29 is 60.1 Å². The number of likely N-dealkylation sites (tertiary alicyclic amines) is 1. The van der Waals surface area contributed by atoms with Gasteiger partial charge in [-0.2, -0.15) is 26.3 Å². The maximum atomic E-state index is 12.7. The third-order valence-corrected chi connectivity index (χ3v) is 5.66. The number of carboxylic acids is 2. The molecule has 0 bridgehead atoms. The second-order valence-electron chi connectivity index (χ2n) is 8.49. The summed E-state index contributed by atoms with van der Waals surface area (Å²) in [5, 5.41) is 17.3. The number of aliphatic carboxylic acids is 2. The van der Waals surface area contributed by atoms with Crippen molar-refractivity contribution in [2.75, 3.05) is 26.3 Å². The van der Waals surface area contributed by atoms with Gasteiger partial charge in [0.1, 0.15) is 5.76 Å². The fourth-order valence-corrected chi connectivity index (χ4v) is 3.92. The molecule has 0 saturated carbocycles. The van der Waals surface area contributed by atoms with E-state index in [1.807, 2.05) is 30.3 Å². The lowest BCUT2D eigenvalue weighted by molar-refractivity contribution is -0.193. The number of alkyl halides is 6. The molecule has 2 saturated heterocycles. The first-order valence-corrected chi connectivity index (χ1v) is 11.3. The van der Waals surface area contributed by atoms with Crippen LogP contribution in [0, 0.1) is 17.8 Å². The van der Waals surface area contributed by atoms with Gasteiger partial charge in [-0.05, 0) is 36.1 Å². The minimum atomic E-state index is -5.08. The number of halogens is 6. The maximum Gasteiger partial charge on any atom is 0.490 e. The molecule has 2 aliphatic rings. The van der Waals surface area contributed by atoms with Gasteiger partial charge in [-0.3, -0.25) is 14.7 Å². The molecule has 2 aliphatic heterocycles. The van der Waals surface area contributed by atoms with Crippen LogP contribution < -0.4 is 5.32 Å². The molecule has 1 amide bonds. The zero-order valence-corrected chi connectivity index (χ0v) is 20.1. The van der Waals surface area contributed by atoms with E-state index >= 15 is 0 Å². The van der Waals surface area contributed by atoms with Crippen molar-refractivity contribution in [3.63, 3.8) is 0 Å². The van der Waals surface area contributed by atoms with Crippen molar-refractivity contribution in [3.8, 4) is 0 Å². The van der Waals surface area contributed by atoms with Crippen molar-refractivity contribution in [2.24, 2.45) is 17.8 Å². The molecule has 0 spiro atoms. The highest BCUT2D eigenvalue weighted by Gasteiger charge is 2.44. The third-order valence-electron chi connectivity index (χ3n) is 5.66. The minimum Gasteiger partial charge on any atom is -0.475 e. The van der Waals surface area contributed by atoms with Crippen LogP contribution in [0.2, 0.25) is 0 Å². The molecule has 0 aromatic carbocycles. The fourth-order valence-electron chi connectivity index (χ4n) is 3.92. The van der Waals surface area contributed by atoms with Crippen LogP contribution in [-0.4, -0.2) is 76.6 Å². The Labute approximate surface area is 217 Å². The molecule has 4 rings (SSSR count). The summed E-state index contributed by atoms with van der Waals surface area (Å²) in [5.41, 5.74) is 0.870. The Morgan fingerprint density at radius 1 is 0.974 bits per heavy atom. The number of hydrogen-bond donors (Lipinski definition) is 3. The van der Waals surface area contributed by atoms with Crippen molar-refractivity contribution in [1.82, 2.24) is 15.2 Å². The van der Waals surface area contributed by atoms with E-state index in [1.54, 1.807) is 12.5 Å². The molecular weight excluding hydrogens is 544 g/mol. The van der Waals surface area contributed by atoms with Crippen LogP contribution in [0.25, 0.3) is 0 Å². The number of furan rings is 1. The molecule has 0 aliphatic carbocycles. The average molecular weight is 569 g/mol. The number of hydrogen-bond acceptors (Lipinski definition) is 7. The number of rotatable bonds is 5.